The minimum atomic E-state index is 0. The predicted octanol–water partition coefficient (Wildman–Crippen LogP) is 6.12. The SMILES string of the molecule is Cl.Clc1ccc(-n2cc(COc3ccc(-c4nc5ccc(Cl)cc5[nH]4)cc3)nn2)cc1. The Hall–Kier alpha value is -3.06. The Balaban J connectivity index is 0.00000231. The molecule has 3 aromatic carbocycles. The maximum atomic E-state index is 6.04. The molecule has 0 bridgehead atoms. The summed E-state index contributed by atoms with van der Waals surface area (Å²) >= 11 is 12.0. The van der Waals surface area contributed by atoms with E-state index in [1.54, 1.807) is 4.68 Å². The highest BCUT2D eigenvalue weighted by molar-refractivity contribution is 6.31. The molecule has 0 unspecified atom stereocenters. The van der Waals surface area contributed by atoms with Crippen LogP contribution in [-0.4, -0.2) is 25.0 Å². The molecule has 1 N–H and O–H groups in total. The molecule has 5 rings (SSSR count). The van der Waals surface area contributed by atoms with E-state index in [1.807, 2.05) is 72.9 Å². The molecular weight excluding hydrogens is 457 g/mol. The van der Waals surface area contributed by atoms with Crippen LogP contribution in [0.3, 0.4) is 0 Å². The lowest BCUT2D eigenvalue weighted by Crippen LogP contribution is -1.96. The third-order valence-electron chi connectivity index (χ3n) is 4.59. The van der Waals surface area contributed by atoms with Crippen LogP contribution in [0.2, 0.25) is 10.0 Å². The summed E-state index contributed by atoms with van der Waals surface area (Å²) in [5.74, 6) is 1.52. The van der Waals surface area contributed by atoms with Gasteiger partial charge in [-0.1, -0.05) is 28.4 Å². The van der Waals surface area contributed by atoms with Crippen LogP contribution in [-0.2, 0) is 6.61 Å². The van der Waals surface area contributed by atoms with Crippen molar-refractivity contribution < 1.29 is 4.74 Å². The van der Waals surface area contributed by atoms with E-state index in [0.717, 1.165) is 39.6 Å². The van der Waals surface area contributed by atoms with E-state index >= 15 is 0 Å². The summed E-state index contributed by atoms with van der Waals surface area (Å²) in [4.78, 5) is 7.89. The quantitative estimate of drug-likeness (QED) is 0.335. The van der Waals surface area contributed by atoms with E-state index in [-0.39, 0.29) is 12.4 Å². The van der Waals surface area contributed by atoms with Crippen molar-refractivity contribution in [2.75, 3.05) is 0 Å². The monoisotopic (exact) mass is 471 g/mol. The molecule has 2 heterocycles. The molecule has 5 aromatic rings. The summed E-state index contributed by atoms with van der Waals surface area (Å²) in [5.41, 5.74) is 4.35. The van der Waals surface area contributed by atoms with Gasteiger partial charge in [-0.15, -0.1) is 17.5 Å². The molecule has 0 aliphatic heterocycles. The van der Waals surface area contributed by atoms with Gasteiger partial charge in [0.05, 0.1) is 22.9 Å². The standard InChI is InChI=1S/C22H15Cl2N5O.ClH/c23-15-3-6-18(7-4-15)29-12-17(27-28-29)13-30-19-8-1-14(2-9-19)22-25-20-10-5-16(24)11-21(20)26-22;/h1-12H,13H2,(H,25,26);1H. The molecule has 31 heavy (non-hydrogen) atoms. The predicted molar refractivity (Wildman–Crippen MR) is 124 cm³/mol. The van der Waals surface area contributed by atoms with Gasteiger partial charge in [0, 0.05) is 15.6 Å². The summed E-state index contributed by atoms with van der Waals surface area (Å²) in [6, 6.07) is 20.7. The average Bonchev–Trinajstić information content (AvgIpc) is 3.40. The number of rotatable bonds is 5. The van der Waals surface area contributed by atoms with Crippen molar-refractivity contribution in [1.82, 2.24) is 25.0 Å². The molecule has 0 fully saturated rings. The Morgan fingerprint density at radius 1 is 0.903 bits per heavy atom. The van der Waals surface area contributed by atoms with Gasteiger partial charge in [0.15, 0.2) is 0 Å². The van der Waals surface area contributed by atoms with Crippen LogP contribution in [0.25, 0.3) is 28.1 Å². The Labute approximate surface area is 194 Å². The Morgan fingerprint density at radius 3 is 2.42 bits per heavy atom. The van der Waals surface area contributed by atoms with Crippen molar-refractivity contribution in [3.63, 3.8) is 0 Å². The lowest BCUT2D eigenvalue weighted by atomic mass is 10.2. The number of hydrogen-bond acceptors (Lipinski definition) is 4. The number of benzene rings is 3. The zero-order valence-electron chi connectivity index (χ0n) is 16.0. The van der Waals surface area contributed by atoms with E-state index < -0.39 is 0 Å². The highest BCUT2D eigenvalue weighted by atomic mass is 35.5. The zero-order valence-corrected chi connectivity index (χ0v) is 18.3. The maximum Gasteiger partial charge on any atom is 0.138 e. The fourth-order valence-electron chi connectivity index (χ4n) is 3.07. The molecule has 0 aliphatic carbocycles. The Kier molecular flexibility index (Phi) is 6.13. The van der Waals surface area contributed by atoms with Crippen molar-refractivity contribution in [2.45, 2.75) is 6.61 Å². The van der Waals surface area contributed by atoms with Crippen LogP contribution in [0.5, 0.6) is 5.75 Å². The lowest BCUT2D eigenvalue weighted by Gasteiger charge is -2.04. The first-order valence-corrected chi connectivity index (χ1v) is 9.95. The number of ether oxygens (including phenoxy) is 1. The third kappa shape index (κ3) is 4.66. The van der Waals surface area contributed by atoms with Gasteiger partial charge in [-0.2, -0.15) is 0 Å². The highest BCUT2D eigenvalue weighted by Crippen LogP contribution is 2.25. The minimum absolute atomic E-state index is 0. The molecule has 6 nitrogen and oxygen atoms in total. The first-order valence-electron chi connectivity index (χ1n) is 9.20. The van der Waals surface area contributed by atoms with Crippen molar-refractivity contribution in [1.29, 1.82) is 0 Å². The normalized spacial score (nSPS) is 10.8. The van der Waals surface area contributed by atoms with Crippen LogP contribution < -0.4 is 4.74 Å². The van der Waals surface area contributed by atoms with Gasteiger partial charge in [-0.25, -0.2) is 9.67 Å². The molecule has 0 radical (unpaired) electrons. The number of nitrogens with one attached hydrogen (secondary N) is 1. The summed E-state index contributed by atoms with van der Waals surface area (Å²) in [5, 5.41) is 9.64. The zero-order chi connectivity index (χ0) is 20.5. The van der Waals surface area contributed by atoms with E-state index in [1.165, 1.54) is 0 Å². The van der Waals surface area contributed by atoms with Crippen molar-refractivity contribution >= 4 is 46.6 Å². The summed E-state index contributed by atoms with van der Waals surface area (Å²) in [7, 11) is 0. The second-order valence-electron chi connectivity index (χ2n) is 6.69. The van der Waals surface area contributed by atoms with E-state index in [4.69, 9.17) is 27.9 Å². The number of aromatic nitrogens is 5. The lowest BCUT2D eigenvalue weighted by molar-refractivity contribution is 0.301. The maximum absolute atomic E-state index is 6.04. The molecule has 0 aliphatic rings. The molecule has 2 aromatic heterocycles. The molecular formula is C22H16Cl3N5O. The largest absolute Gasteiger partial charge is 0.487 e. The van der Waals surface area contributed by atoms with Crippen LogP contribution in [0.4, 0.5) is 0 Å². The van der Waals surface area contributed by atoms with Crippen molar-refractivity contribution in [2.24, 2.45) is 0 Å². The van der Waals surface area contributed by atoms with Crippen molar-refractivity contribution in [3.8, 4) is 22.8 Å². The van der Waals surface area contributed by atoms with Crippen LogP contribution in [0.1, 0.15) is 5.69 Å². The van der Waals surface area contributed by atoms with Gasteiger partial charge < -0.3 is 9.72 Å². The average molecular weight is 473 g/mol. The summed E-state index contributed by atoms with van der Waals surface area (Å²) in [6.45, 7) is 0.316. The van der Waals surface area contributed by atoms with Gasteiger partial charge in [-0.3, -0.25) is 0 Å². The van der Waals surface area contributed by atoms with Gasteiger partial charge >= 0.3 is 0 Å². The number of H-pyrrole nitrogens is 1. The number of fused-ring (bicyclic) bond motifs is 1. The second kappa shape index (κ2) is 8.98. The first kappa shape index (κ1) is 21.2. The number of nitrogens with zero attached hydrogens (tertiary/aromatic N) is 4. The minimum Gasteiger partial charge on any atom is -0.487 e. The van der Waals surface area contributed by atoms with Gasteiger partial charge in [0.1, 0.15) is 23.9 Å². The molecule has 156 valence electrons. The molecule has 9 heteroatoms. The summed E-state index contributed by atoms with van der Waals surface area (Å²) < 4.78 is 7.53. The molecule has 0 saturated heterocycles. The highest BCUT2D eigenvalue weighted by Gasteiger charge is 2.07. The van der Waals surface area contributed by atoms with Crippen LogP contribution >= 0.6 is 35.6 Å². The molecule has 0 saturated carbocycles. The van der Waals surface area contributed by atoms with E-state index in [9.17, 15) is 0 Å². The molecule has 0 amide bonds. The van der Waals surface area contributed by atoms with Crippen LogP contribution in [0, 0.1) is 0 Å². The third-order valence-corrected chi connectivity index (χ3v) is 5.08. The number of halogens is 3. The second-order valence-corrected chi connectivity index (χ2v) is 7.56. The fourth-order valence-corrected chi connectivity index (χ4v) is 3.37. The summed E-state index contributed by atoms with van der Waals surface area (Å²) in [6.07, 6.45) is 1.83. The molecule has 0 atom stereocenters. The number of imidazole rings is 1. The van der Waals surface area contributed by atoms with Gasteiger partial charge in [0.2, 0.25) is 0 Å². The Morgan fingerprint density at radius 2 is 1.65 bits per heavy atom. The van der Waals surface area contributed by atoms with Gasteiger partial charge in [0.25, 0.3) is 0 Å². The number of aromatic amines is 1. The fraction of sp³-hybridized carbons (Fsp3) is 0.0455. The number of hydrogen-bond donors (Lipinski definition) is 1. The van der Waals surface area contributed by atoms with E-state index in [0.29, 0.717) is 16.7 Å². The first-order chi connectivity index (χ1) is 14.6. The topological polar surface area (TPSA) is 68.6 Å². The van der Waals surface area contributed by atoms with Crippen LogP contribution in [0.15, 0.2) is 72.9 Å². The molecule has 0 spiro atoms. The van der Waals surface area contributed by atoms with Crippen molar-refractivity contribution in [3.05, 3.63) is 88.7 Å². The smallest absolute Gasteiger partial charge is 0.138 e. The Bertz CT molecular complexity index is 1310. The van der Waals surface area contributed by atoms with Gasteiger partial charge in [-0.05, 0) is 66.7 Å². The van der Waals surface area contributed by atoms with E-state index in [2.05, 4.69) is 20.3 Å².